The molecule has 5 nitrogen and oxygen atoms in total. The molecule has 1 unspecified atom stereocenters. The van der Waals surface area contributed by atoms with E-state index < -0.39 is 0 Å². The summed E-state index contributed by atoms with van der Waals surface area (Å²) in [4.78, 5) is 12.3. The quantitative estimate of drug-likeness (QED) is 0.771. The summed E-state index contributed by atoms with van der Waals surface area (Å²) < 4.78 is 10.6. The summed E-state index contributed by atoms with van der Waals surface area (Å²) in [5, 5.41) is 2.96. The second kappa shape index (κ2) is 8.52. The third-order valence-electron chi connectivity index (χ3n) is 3.54. The van der Waals surface area contributed by atoms with Gasteiger partial charge in [0.2, 0.25) is 0 Å². The molecule has 21 heavy (non-hydrogen) atoms. The molecule has 0 saturated heterocycles. The van der Waals surface area contributed by atoms with Crippen LogP contribution in [0.1, 0.15) is 42.1 Å². The molecule has 0 fully saturated rings. The van der Waals surface area contributed by atoms with Crippen molar-refractivity contribution in [3.8, 4) is 11.5 Å². The zero-order chi connectivity index (χ0) is 15.8. The Bertz CT molecular complexity index is 450. The Hall–Kier alpha value is -1.75. The van der Waals surface area contributed by atoms with Crippen LogP contribution in [0.15, 0.2) is 12.1 Å². The Morgan fingerprint density at radius 3 is 2.29 bits per heavy atom. The lowest BCUT2D eigenvalue weighted by Crippen LogP contribution is -2.40. The van der Waals surface area contributed by atoms with Crippen molar-refractivity contribution in [3.05, 3.63) is 23.3 Å². The van der Waals surface area contributed by atoms with Crippen molar-refractivity contribution >= 4 is 5.91 Å². The average molecular weight is 294 g/mol. The Kier molecular flexibility index (Phi) is 7.02. The first-order valence-corrected chi connectivity index (χ1v) is 7.30. The van der Waals surface area contributed by atoms with E-state index in [1.807, 2.05) is 6.92 Å². The van der Waals surface area contributed by atoms with E-state index in [2.05, 4.69) is 12.2 Å². The van der Waals surface area contributed by atoms with Crippen molar-refractivity contribution in [2.45, 2.75) is 39.2 Å². The van der Waals surface area contributed by atoms with Crippen LogP contribution in [0.2, 0.25) is 0 Å². The number of amides is 1. The number of methoxy groups -OCH3 is 2. The van der Waals surface area contributed by atoms with E-state index in [1.165, 1.54) is 0 Å². The minimum absolute atomic E-state index is 0.00394. The highest BCUT2D eigenvalue weighted by atomic mass is 16.5. The predicted octanol–water partition coefficient (Wildman–Crippen LogP) is 2.26. The molecule has 1 amide bonds. The molecule has 1 rings (SSSR count). The number of hydrogen-bond acceptors (Lipinski definition) is 4. The molecule has 0 heterocycles. The number of unbranched alkanes of at least 4 members (excludes halogenated alkanes) is 1. The fourth-order valence-electron chi connectivity index (χ4n) is 2.19. The topological polar surface area (TPSA) is 73.6 Å². The van der Waals surface area contributed by atoms with E-state index in [9.17, 15) is 4.79 Å². The largest absolute Gasteiger partial charge is 0.496 e. The Balaban J connectivity index is 2.91. The number of hydrogen-bond donors (Lipinski definition) is 2. The van der Waals surface area contributed by atoms with E-state index in [-0.39, 0.29) is 11.9 Å². The number of carbonyl (C=O) groups excluding carboxylic acids is 1. The van der Waals surface area contributed by atoms with Gasteiger partial charge in [-0.3, -0.25) is 4.79 Å². The Morgan fingerprint density at radius 1 is 1.29 bits per heavy atom. The summed E-state index contributed by atoms with van der Waals surface area (Å²) in [7, 11) is 3.15. The SMILES string of the molecule is CCCCC(CN)NC(=O)c1cc(OC)c(C)c(OC)c1. The molecule has 1 aromatic carbocycles. The van der Waals surface area contributed by atoms with Gasteiger partial charge in [0.15, 0.2) is 0 Å². The Morgan fingerprint density at radius 2 is 1.86 bits per heavy atom. The maximum Gasteiger partial charge on any atom is 0.251 e. The normalized spacial score (nSPS) is 11.9. The molecule has 0 aliphatic rings. The van der Waals surface area contributed by atoms with Crippen LogP contribution in [-0.4, -0.2) is 32.7 Å². The third kappa shape index (κ3) is 4.63. The summed E-state index contributed by atoms with van der Waals surface area (Å²) in [5.74, 6) is 1.12. The molecule has 5 heteroatoms. The first-order valence-electron chi connectivity index (χ1n) is 7.30. The van der Waals surface area contributed by atoms with Gasteiger partial charge in [-0.2, -0.15) is 0 Å². The van der Waals surface area contributed by atoms with Crippen molar-refractivity contribution in [1.29, 1.82) is 0 Å². The highest BCUT2D eigenvalue weighted by Crippen LogP contribution is 2.29. The first kappa shape index (κ1) is 17.3. The van der Waals surface area contributed by atoms with Gasteiger partial charge in [-0.15, -0.1) is 0 Å². The molecule has 1 atom stereocenters. The van der Waals surface area contributed by atoms with Crippen molar-refractivity contribution in [3.63, 3.8) is 0 Å². The van der Waals surface area contributed by atoms with Gasteiger partial charge in [0.05, 0.1) is 14.2 Å². The van der Waals surface area contributed by atoms with Crippen LogP contribution in [-0.2, 0) is 0 Å². The van der Waals surface area contributed by atoms with E-state index in [4.69, 9.17) is 15.2 Å². The number of nitrogens with two attached hydrogens (primary N) is 1. The number of ether oxygens (including phenoxy) is 2. The van der Waals surface area contributed by atoms with Gasteiger partial charge in [0.25, 0.3) is 5.91 Å². The average Bonchev–Trinajstić information content (AvgIpc) is 2.51. The van der Waals surface area contributed by atoms with Crippen LogP contribution >= 0.6 is 0 Å². The van der Waals surface area contributed by atoms with Crippen molar-refractivity contribution in [2.24, 2.45) is 5.73 Å². The molecule has 0 radical (unpaired) electrons. The van der Waals surface area contributed by atoms with E-state index >= 15 is 0 Å². The third-order valence-corrected chi connectivity index (χ3v) is 3.54. The summed E-state index contributed by atoms with van der Waals surface area (Å²) in [6, 6.07) is 3.44. The molecular weight excluding hydrogens is 268 g/mol. The molecule has 118 valence electrons. The van der Waals surface area contributed by atoms with Gasteiger partial charge < -0.3 is 20.5 Å². The van der Waals surface area contributed by atoms with Crippen LogP contribution in [0.25, 0.3) is 0 Å². The maximum atomic E-state index is 12.3. The smallest absolute Gasteiger partial charge is 0.251 e. The van der Waals surface area contributed by atoms with E-state index in [0.717, 1.165) is 24.8 Å². The van der Waals surface area contributed by atoms with Crippen molar-refractivity contribution in [2.75, 3.05) is 20.8 Å². The lowest BCUT2D eigenvalue weighted by molar-refractivity contribution is 0.0935. The van der Waals surface area contributed by atoms with Gasteiger partial charge in [0.1, 0.15) is 11.5 Å². The van der Waals surface area contributed by atoms with Gasteiger partial charge >= 0.3 is 0 Å². The van der Waals surface area contributed by atoms with Crippen LogP contribution in [0.3, 0.4) is 0 Å². The molecule has 3 N–H and O–H groups in total. The van der Waals surface area contributed by atoms with Gasteiger partial charge in [-0.1, -0.05) is 19.8 Å². The molecular formula is C16H26N2O3. The second-order valence-corrected chi connectivity index (χ2v) is 5.05. The molecule has 0 spiro atoms. The van der Waals surface area contributed by atoms with Crippen LogP contribution < -0.4 is 20.5 Å². The minimum atomic E-state index is -0.154. The standard InChI is InChI=1S/C16H26N2O3/c1-5-6-7-13(10-17)18-16(19)12-8-14(20-3)11(2)15(9-12)21-4/h8-9,13H,5-7,10,17H2,1-4H3,(H,18,19). The molecule has 0 saturated carbocycles. The number of nitrogens with one attached hydrogen (secondary N) is 1. The van der Waals surface area contributed by atoms with Crippen LogP contribution in [0, 0.1) is 6.92 Å². The minimum Gasteiger partial charge on any atom is -0.496 e. The summed E-state index contributed by atoms with van der Waals surface area (Å²) in [5.41, 5.74) is 7.10. The van der Waals surface area contributed by atoms with Gasteiger partial charge in [-0.25, -0.2) is 0 Å². The monoisotopic (exact) mass is 294 g/mol. The van der Waals surface area contributed by atoms with Crippen molar-refractivity contribution < 1.29 is 14.3 Å². The number of rotatable bonds is 8. The highest BCUT2D eigenvalue weighted by molar-refractivity contribution is 5.95. The highest BCUT2D eigenvalue weighted by Gasteiger charge is 2.16. The van der Waals surface area contributed by atoms with Gasteiger partial charge in [0, 0.05) is 23.7 Å². The lowest BCUT2D eigenvalue weighted by atomic mass is 10.1. The first-order chi connectivity index (χ1) is 10.1. The van der Waals surface area contributed by atoms with E-state index in [0.29, 0.717) is 23.6 Å². The predicted molar refractivity (Wildman–Crippen MR) is 84.1 cm³/mol. The molecule has 0 aliphatic carbocycles. The summed E-state index contributed by atoms with van der Waals surface area (Å²) >= 11 is 0. The molecule has 0 bridgehead atoms. The zero-order valence-corrected chi connectivity index (χ0v) is 13.4. The number of benzene rings is 1. The summed E-state index contributed by atoms with van der Waals surface area (Å²) in [6.45, 7) is 4.44. The van der Waals surface area contributed by atoms with Crippen molar-refractivity contribution in [1.82, 2.24) is 5.32 Å². The number of carbonyl (C=O) groups is 1. The fourth-order valence-corrected chi connectivity index (χ4v) is 2.19. The molecule has 1 aromatic rings. The van der Waals surface area contributed by atoms with Crippen LogP contribution in [0.5, 0.6) is 11.5 Å². The maximum absolute atomic E-state index is 12.3. The second-order valence-electron chi connectivity index (χ2n) is 5.05. The van der Waals surface area contributed by atoms with E-state index in [1.54, 1.807) is 26.4 Å². The molecule has 0 aliphatic heterocycles. The van der Waals surface area contributed by atoms with Crippen LogP contribution in [0.4, 0.5) is 0 Å². The fraction of sp³-hybridized carbons (Fsp3) is 0.562. The summed E-state index contributed by atoms with van der Waals surface area (Å²) in [6.07, 6.45) is 3.01. The molecule has 0 aromatic heterocycles. The van der Waals surface area contributed by atoms with Gasteiger partial charge in [-0.05, 0) is 25.5 Å². The zero-order valence-electron chi connectivity index (χ0n) is 13.4. The Labute approximate surface area is 126 Å². The lowest BCUT2D eigenvalue weighted by Gasteiger charge is -2.18.